The van der Waals surface area contributed by atoms with Crippen LogP contribution < -0.4 is 0 Å². The quantitative estimate of drug-likeness (QED) is 0.699. The van der Waals surface area contributed by atoms with Crippen LogP contribution in [0.1, 0.15) is 26.7 Å². The Morgan fingerprint density at radius 3 is 2.33 bits per heavy atom. The van der Waals surface area contributed by atoms with Gasteiger partial charge in [0.2, 0.25) is 5.91 Å². The van der Waals surface area contributed by atoms with Gasteiger partial charge in [-0.05, 0) is 19.1 Å². The Balaban J connectivity index is 4.58. The number of amides is 1. The van der Waals surface area contributed by atoms with Crippen LogP contribution in [0.25, 0.3) is 0 Å². The van der Waals surface area contributed by atoms with E-state index in [0.29, 0.717) is 19.4 Å². The van der Waals surface area contributed by atoms with E-state index < -0.39 is 5.41 Å². The second-order valence-corrected chi connectivity index (χ2v) is 4.61. The first-order valence-corrected chi connectivity index (χ1v) is 6.63. The van der Waals surface area contributed by atoms with Crippen LogP contribution in [0.3, 0.4) is 0 Å². The summed E-state index contributed by atoms with van der Waals surface area (Å²) in [6, 6.07) is 2.17. The van der Waals surface area contributed by atoms with Crippen LogP contribution in [-0.4, -0.2) is 36.4 Å². The number of hydrogen-bond acceptors (Lipinski definition) is 3. The van der Waals surface area contributed by atoms with Gasteiger partial charge in [0.15, 0.2) is 0 Å². The summed E-state index contributed by atoms with van der Waals surface area (Å²) in [6.07, 6.45) is 3.18. The third kappa shape index (κ3) is 3.42. The summed E-state index contributed by atoms with van der Waals surface area (Å²) in [5, 5.41) is 9.12. The molecule has 15 heavy (non-hydrogen) atoms. The minimum Gasteiger partial charge on any atom is -0.344 e. The van der Waals surface area contributed by atoms with Gasteiger partial charge in [0, 0.05) is 19.3 Å². The molecule has 0 atom stereocenters. The molecule has 0 aromatic heterocycles. The highest BCUT2D eigenvalue weighted by molar-refractivity contribution is 7.98. The summed E-state index contributed by atoms with van der Waals surface area (Å²) in [5.74, 6) is 0.876. The largest absolute Gasteiger partial charge is 0.344 e. The topological polar surface area (TPSA) is 44.1 Å². The standard InChI is InChI=1S/C11H20N2OS/c1-5-11(6-2,9-12)10(14)13(3)7-8-15-4/h5-8H2,1-4H3. The zero-order valence-electron chi connectivity index (χ0n) is 10.0. The molecule has 0 aromatic rings. The fraction of sp³-hybridized carbons (Fsp3) is 0.818. The van der Waals surface area contributed by atoms with E-state index in [0.717, 1.165) is 5.75 Å². The molecule has 0 aromatic carbocycles. The van der Waals surface area contributed by atoms with E-state index in [1.165, 1.54) is 0 Å². The molecular weight excluding hydrogens is 208 g/mol. The summed E-state index contributed by atoms with van der Waals surface area (Å²) in [7, 11) is 1.77. The summed E-state index contributed by atoms with van der Waals surface area (Å²) >= 11 is 1.70. The molecule has 0 heterocycles. The highest BCUT2D eigenvalue weighted by Gasteiger charge is 2.36. The van der Waals surface area contributed by atoms with Gasteiger partial charge in [-0.25, -0.2) is 0 Å². The van der Waals surface area contributed by atoms with E-state index in [4.69, 9.17) is 5.26 Å². The third-order valence-electron chi connectivity index (χ3n) is 2.81. The Morgan fingerprint density at radius 2 is 2.00 bits per heavy atom. The van der Waals surface area contributed by atoms with Gasteiger partial charge in [-0.2, -0.15) is 17.0 Å². The van der Waals surface area contributed by atoms with Crippen LogP contribution >= 0.6 is 11.8 Å². The van der Waals surface area contributed by atoms with Crippen molar-refractivity contribution in [3.8, 4) is 6.07 Å². The van der Waals surface area contributed by atoms with Crippen molar-refractivity contribution < 1.29 is 4.79 Å². The number of carbonyl (C=O) groups is 1. The second kappa shape index (κ2) is 6.73. The molecule has 0 radical (unpaired) electrons. The molecule has 0 saturated heterocycles. The first-order chi connectivity index (χ1) is 7.07. The van der Waals surface area contributed by atoms with Crippen LogP contribution in [-0.2, 0) is 4.79 Å². The van der Waals surface area contributed by atoms with Crippen molar-refractivity contribution in [1.82, 2.24) is 4.90 Å². The van der Waals surface area contributed by atoms with E-state index in [1.54, 1.807) is 23.7 Å². The van der Waals surface area contributed by atoms with E-state index in [9.17, 15) is 4.79 Å². The average Bonchev–Trinajstić information content (AvgIpc) is 2.28. The Morgan fingerprint density at radius 1 is 1.47 bits per heavy atom. The first-order valence-electron chi connectivity index (χ1n) is 5.23. The van der Waals surface area contributed by atoms with Gasteiger partial charge in [-0.15, -0.1) is 0 Å². The highest BCUT2D eigenvalue weighted by Crippen LogP contribution is 2.27. The van der Waals surface area contributed by atoms with Crippen LogP contribution in [0.5, 0.6) is 0 Å². The van der Waals surface area contributed by atoms with Crippen LogP contribution in [0, 0.1) is 16.7 Å². The van der Waals surface area contributed by atoms with Crippen molar-refractivity contribution in [1.29, 1.82) is 5.26 Å². The maximum absolute atomic E-state index is 12.1. The monoisotopic (exact) mass is 228 g/mol. The third-order valence-corrected chi connectivity index (χ3v) is 3.40. The fourth-order valence-corrected chi connectivity index (χ4v) is 1.91. The molecule has 0 unspecified atom stereocenters. The lowest BCUT2D eigenvalue weighted by atomic mass is 9.82. The molecule has 1 amide bonds. The van der Waals surface area contributed by atoms with Gasteiger partial charge >= 0.3 is 0 Å². The average molecular weight is 228 g/mol. The van der Waals surface area contributed by atoms with Crippen LogP contribution in [0.2, 0.25) is 0 Å². The zero-order valence-corrected chi connectivity index (χ0v) is 10.9. The molecule has 0 aliphatic carbocycles. The molecule has 0 saturated carbocycles. The number of carbonyl (C=O) groups excluding carboxylic acids is 1. The molecular formula is C11H20N2OS. The van der Waals surface area contributed by atoms with E-state index in [2.05, 4.69) is 6.07 Å². The van der Waals surface area contributed by atoms with Crippen molar-refractivity contribution >= 4 is 17.7 Å². The Bertz CT molecular complexity index is 243. The molecule has 4 heteroatoms. The second-order valence-electron chi connectivity index (χ2n) is 3.62. The Kier molecular flexibility index (Phi) is 6.42. The molecule has 86 valence electrons. The van der Waals surface area contributed by atoms with E-state index in [-0.39, 0.29) is 5.91 Å². The lowest BCUT2D eigenvalue weighted by molar-refractivity contribution is -0.137. The predicted molar refractivity (Wildman–Crippen MR) is 64.6 cm³/mol. The normalized spacial score (nSPS) is 10.9. The van der Waals surface area contributed by atoms with E-state index in [1.807, 2.05) is 20.1 Å². The van der Waals surface area contributed by atoms with Gasteiger partial charge in [0.05, 0.1) is 6.07 Å². The molecule has 0 aliphatic heterocycles. The van der Waals surface area contributed by atoms with E-state index >= 15 is 0 Å². The van der Waals surface area contributed by atoms with Gasteiger partial charge in [-0.3, -0.25) is 4.79 Å². The number of rotatable bonds is 6. The predicted octanol–water partition coefficient (Wildman–Crippen LogP) is 2.14. The SMILES string of the molecule is CCC(C#N)(CC)C(=O)N(C)CCSC. The molecule has 0 N–H and O–H groups in total. The van der Waals surface area contributed by atoms with Crippen molar-refractivity contribution in [2.75, 3.05) is 25.6 Å². The minimum atomic E-state index is -0.812. The highest BCUT2D eigenvalue weighted by atomic mass is 32.2. The summed E-state index contributed by atoms with van der Waals surface area (Å²) in [6.45, 7) is 4.50. The van der Waals surface area contributed by atoms with Crippen LogP contribution in [0.4, 0.5) is 0 Å². The van der Waals surface area contributed by atoms with Gasteiger partial charge in [-0.1, -0.05) is 13.8 Å². The zero-order chi connectivity index (χ0) is 11.9. The van der Waals surface area contributed by atoms with Crippen molar-refractivity contribution in [2.24, 2.45) is 5.41 Å². The van der Waals surface area contributed by atoms with Gasteiger partial charge in [0.1, 0.15) is 5.41 Å². The minimum absolute atomic E-state index is 0.0379. The first kappa shape index (κ1) is 14.3. The molecule has 0 spiro atoms. The Hall–Kier alpha value is -0.690. The van der Waals surface area contributed by atoms with Gasteiger partial charge < -0.3 is 4.90 Å². The maximum atomic E-state index is 12.1. The van der Waals surface area contributed by atoms with Crippen molar-refractivity contribution in [3.05, 3.63) is 0 Å². The summed E-state index contributed by atoms with van der Waals surface area (Å²) in [4.78, 5) is 13.7. The number of nitrogens with zero attached hydrogens (tertiary/aromatic N) is 2. The van der Waals surface area contributed by atoms with Crippen molar-refractivity contribution in [3.63, 3.8) is 0 Å². The summed E-state index contributed by atoms with van der Waals surface area (Å²) in [5.41, 5.74) is -0.812. The Labute approximate surface area is 96.8 Å². The van der Waals surface area contributed by atoms with Crippen LogP contribution in [0.15, 0.2) is 0 Å². The fourth-order valence-electron chi connectivity index (χ4n) is 1.45. The number of thioether (sulfide) groups is 1. The molecule has 0 rings (SSSR count). The van der Waals surface area contributed by atoms with Crippen molar-refractivity contribution in [2.45, 2.75) is 26.7 Å². The number of hydrogen-bond donors (Lipinski definition) is 0. The lowest BCUT2D eigenvalue weighted by Crippen LogP contribution is -2.41. The van der Waals surface area contributed by atoms with Gasteiger partial charge in [0.25, 0.3) is 0 Å². The molecule has 3 nitrogen and oxygen atoms in total. The molecule has 0 bridgehead atoms. The molecule has 0 aliphatic rings. The number of nitriles is 1. The summed E-state index contributed by atoms with van der Waals surface area (Å²) < 4.78 is 0. The lowest BCUT2D eigenvalue weighted by Gasteiger charge is -2.28. The maximum Gasteiger partial charge on any atom is 0.242 e. The molecule has 0 fully saturated rings. The smallest absolute Gasteiger partial charge is 0.242 e.